The second kappa shape index (κ2) is 24.6. The summed E-state index contributed by atoms with van der Waals surface area (Å²) < 4.78 is 69.9. The van der Waals surface area contributed by atoms with Gasteiger partial charge in [0.1, 0.15) is 36.5 Å². The first kappa shape index (κ1) is 61.0. The van der Waals surface area contributed by atoms with Crippen molar-refractivity contribution < 1.29 is 60.9 Å². The first-order valence-electron chi connectivity index (χ1n) is 26.1. The Morgan fingerprint density at radius 3 is 1.34 bits per heavy atom. The van der Waals surface area contributed by atoms with Gasteiger partial charge in [0.15, 0.2) is 34.5 Å². The number of carboxylic acids is 1. The van der Waals surface area contributed by atoms with Gasteiger partial charge >= 0.3 is 5.97 Å². The predicted molar refractivity (Wildman–Crippen MR) is 296 cm³/mol. The summed E-state index contributed by atoms with van der Waals surface area (Å²) in [6, 6.07) is 24.2. The number of aliphatic carboxylic acids is 1. The number of fused-ring (bicyclic) bond motifs is 4. The van der Waals surface area contributed by atoms with E-state index in [-0.39, 0.29) is 124 Å². The van der Waals surface area contributed by atoms with Gasteiger partial charge in [0.05, 0.1) is 34.0 Å². The van der Waals surface area contributed by atoms with Gasteiger partial charge in [0.25, 0.3) is 11.8 Å². The predicted octanol–water partition coefficient (Wildman–Crippen LogP) is 8.87. The maximum absolute atomic E-state index is 14.2. The fourth-order valence-corrected chi connectivity index (χ4v) is 10.8. The van der Waals surface area contributed by atoms with Crippen LogP contribution < -0.4 is 20.3 Å². The number of Topliss-reactive ketones (excluding diaryl/α,β-unsaturated/α-hetero) is 2. The normalized spacial score (nSPS) is 18.9. The first-order chi connectivity index (χ1) is 38.2. The number of pyridine rings is 2. The number of carbonyl (C=O) groups is 6. The van der Waals surface area contributed by atoms with E-state index >= 15 is 0 Å². The van der Waals surface area contributed by atoms with Crippen LogP contribution in [-0.2, 0) is 46.7 Å². The summed E-state index contributed by atoms with van der Waals surface area (Å²) in [6.45, 7) is 4.51. The van der Waals surface area contributed by atoms with E-state index in [2.05, 4.69) is 0 Å². The Morgan fingerprint density at radius 1 is 0.598 bits per heavy atom. The van der Waals surface area contributed by atoms with Gasteiger partial charge in [-0.05, 0) is 73.9 Å². The molecule has 2 spiro atoms. The quantitative estimate of drug-likeness (QED) is 0.0638. The number of aromatic nitrogens is 2. The third-order valence-corrected chi connectivity index (χ3v) is 15.4. The van der Waals surface area contributed by atoms with Gasteiger partial charge in [0.2, 0.25) is 16.8 Å². The molecular weight excluding hydrogens is 1070 g/mol. The summed E-state index contributed by atoms with van der Waals surface area (Å²) in [4.78, 5) is 111. The number of likely N-dealkylation sites (N-methyl/N-ethyl adjacent to an activating group) is 2. The largest absolute Gasteiger partial charge is 0.483 e. The number of hydrogen-bond donors (Lipinski definition) is 1. The summed E-state index contributed by atoms with van der Waals surface area (Å²) in [5.74, 6) is -8.19. The molecule has 4 aromatic carbocycles. The first-order valence-corrected chi connectivity index (χ1v) is 26.1. The number of nitrogens with zero attached hydrogens (tertiary/aromatic N) is 5. The molecule has 2 fully saturated rings. The third-order valence-electron chi connectivity index (χ3n) is 15.4. The third kappa shape index (κ3) is 11.7. The Bertz CT molecular complexity index is 3590. The van der Waals surface area contributed by atoms with Crippen LogP contribution >= 0.6 is 0 Å². The van der Waals surface area contributed by atoms with Crippen molar-refractivity contribution in [1.29, 1.82) is 0 Å². The number of aryl methyl sites for hydroxylation is 2. The highest BCUT2D eigenvalue weighted by Crippen LogP contribution is 2.56. The molecule has 0 saturated heterocycles. The Hall–Kier alpha value is -8.68. The molecule has 4 aliphatic rings. The van der Waals surface area contributed by atoms with Crippen molar-refractivity contribution in [3.8, 4) is 11.5 Å². The number of halogens is 4. The second-order valence-corrected chi connectivity index (χ2v) is 20.6. The molecule has 20 heteroatoms. The minimum absolute atomic E-state index is 0. The average molecular weight is 1130 g/mol. The Kier molecular flexibility index (Phi) is 18.3. The van der Waals surface area contributed by atoms with E-state index in [4.69, 9.17) is 9.47 Å². The van der Waals surface area contributed by atoms with Crippen molar-refractivity contribution >= 4 is 35.3 Å². The number of carbonyl (C=O) groups excluding carboxylic acids is 5. The minimum Gasteiger partial charge on any atom is -0.483 e. The van der Waals surface area contributed by atoms with E-state index in [1.807, 2.05) is 43.3 Å². The van der Waals surface area contributed by atoms with Gasteiger partial charge in [-0.3, -0.25) is 38.4 Å². The molecule has 2 aromatic heterocycles. The highest BCUT2D eigenvalue weighted by Gasteiger charge is 2.65. The number of ether oxygens (including phenoxy) is 2. The Labute approximate surface area is 471 Å². The number of carboxylic acid groups (broad SMARTS) is 1. The number of ketones is 2. The highest BCUT2D eigenvalue weighted by atomic mass is 19.1. The van der Waals surface area contributed by atoms with Crippen molar-refractivity contribution in [2.45, 2.75) is 91.5 Å². The summed E-state index contributed by atoms with van der Waals surface area (Å²) in [5, 5.41) is 9.79. The molecule has 82 heavy (non-hydrogen) atoms. The molecule has 4 atom stereocenters. The lowest BCUT2D eigenvalue weighted by Crippen LogP contribution is -2.50. The molecule has 4 heterocycles. The van der Waals surface area contributed by atoms with Crippen molar-refractivity contribution in [1.82, 2.24) is 23.8 Å². The lowest BCUT2D eigenvalue weighted by Gasteiger charge is -2.37. The smallest absolute Gasteiger partial charge is 0.309 e. The van der Waals surface area contributed by atoms with Crippen LogP contribution in [0.4, 0.5) is 17.6 Å². The van der Waals surface area contributed by atoms with E-state index in [1.54, 1.807) is 54.8 Å². The van der Waals surface area contributed by atoms with Crippen LogP contribution in [0.25, 0.3) is 0 Å². The van der Waals surface area contributed by atoms with Crippen molar-refractivity contribution in [2.24, 2.45) is 11.8 Å². The molecule has 10 rings (SSSR count). The van der Waals surface area contributed by atoms with Gasteiger partial charge in [-0.2, -0.15) is 0 Å². The van der Waals surface area contributed by atoms with Gasteiger partial charge in [-0.1, -0.05) is 87.6 Å². The number of benzene rings is 4. The van der Waals surface area contributed by atoms with Gasteiger partial charge in [0, 0.05) is 77.6 Å². The number of hydrogen-bond acceptors (Lipinski definition) is 10. The summed E-state index contributed by atoms with van der Waals surface area (Å²) in [7, 11) is 3.31. The molecule has 3 amide bonds. The van der Waals surface area contributed by atoms with Crippen LogP contribution in [-0.4, -0.2) is 104 Å². The van der Waals surface area contributed by atoms with Gasteiger partial charge < -0.3 is 38.4 Å². The maximum Gasteiger partial charge on any atom is 0.309 e. The molecule has 0 bridgehead atoms. The lowest BCUT2D eigenvalue weighted by atomic mass is 9.99. The van der Waals surface area contributed by atoms with E-state index in [1.165, 1.54) is 38.9 Å². The fourth-order valence-electron chi connectivity index (χ4n) is 10.8. The van der Waals surface area contributed by atoms with Gasteiger partial charge in [-0.15, -0.1) is 0 Å². The van der Waals surface area contributed by atoms with Crippen molar-refractivity contribution in [3.05, 3.63) is 198 Å². The van der Waals surface area contributed by atoms with Crippen LogP contribution in [0.1, 0.15) is 118 Å². The molecule has 432 valence electrons. The molecule has 1 N–H and O–H groups in total. The highest BCUT2D eigenvalue weighted by molar-refractivity contribution is 6.02. The molecule has 6 aromatic rings. The average Bonchev–Trinajstić information content (AvgIpc) is 4.10. The monoisotopic (exact) mass is 1130 g/mol. The Balaban J connectivity index is 0.000000231. The molecule has 2 aliphatic carbocycles. The topological polar surface area (TPSA) is 195 Å². The zero-order chi connectivity index (χ0) is 57.4. The molecule has 2 saturated carbocycles. The molecule has 2 aliphatic heterocycles. The summed E-state index contributed by atoms with van der Waals surface area (Å²) >= 11 is 0. The standard InChI is InChI=1S/C31H31F2N3O5.C29H26F2N2O6.2CH4/c1-4-35-18-31(15-23(31)29(39)34(2)3)36-16-22(25(37)13-11-20-10-12-21(32)14-24(20)33)27(38)28(26(36)30(35)40)41-17-19-8-6-5-7-9-19;1-2-32-16-29(13-21(29)28(37)38)33-14-20(23(34)11-9-18-8-10-19(30)12-22(18)31)25(35)26(24(33)27(32)36)39-15-17-6-4-3-5-7-17;;/h5-10,12,14,16,23H,4,11,13,15,17-18H2,1-3H3;3-8,10,12,14,21H,2,9,11,13,15-16H2,1H3,(H,37,38);2*1H4/t23-,31-;21-,29-;;/m11../s1. The van der Waals surface area contributed by atoms with E-state index in [0.717, 1.165) is 35.4 Å². The van der Waals surface area contributed by atoms with Crippen LogP contribution in [0.5, 0.6) is 11.5 Å². The Morgan fingerprint density at radius 2 is 0.988 bits per heavy atom. The zero-order valence-electron chi connectivity index (χ0n) is 44.3. The lowest BCUT2D eigenvalue weighted by molar-refractivity contribution is -0.139. The minimum atomic E-state index is -1.04. The molecule has 0 radical (unpaired) electrons. The second-order valence-electron chi connectivity index (χ2n) is 20.6. The van der Waals surface area contributed by atoms with Crippen LogP contribution in [0.2, 0.25) is 0 Å². The molecular formula is C62H65F4N5O11. The van der Waals surface area contributed by atoms with Crippen LogP contribution in [0, 0.1) is 35.1 Å². The van der Waals surface area contributed by atoms with Gasteiger partial charge in [-0.25, -0.2) is 17.6 Å². The summed E-state index contributed by atoms with van der Waals surface area (Å²) in [5.41, 5.74) is -2.24. The van der Waals surface area contributed by atoms with E-state index in [9.17, 15) is 61.0 Å². The SMILES string of the molecule is C.C.CCN1C[C@@]2(C[C@@H]2C(=O)N(C)C)n2cc(C(=O)CCc3ccc(F)cc3F)c(=O)c(OCc3ccccc3)c2C1=O.CCN1C[C@@]2(C[C@@H]2C(=O)O)n2cc(C(=O)CCc3ccc(F)cc3F)c(=O)c(OCc3ccccc3)c2C1=O. The number of rotatable bonds is 18. The molecule has 0 unspecified atom stereocenters. The van der Waals surface area contributed by atoms with Crippen molar-refractivity contribution in [2.75, 3.05) is 40.3 Å². The zero-order valence-corrected chi connectivity index (χ0v) is 44.3. The summed E-state index contributed by atoms with van der Waals surface area (Å²) in [6.07, 6.45) is 2.63. The van der Waals surface area contributed by atoms with Crippen LogP contribution in [0.3, 0.4) is 0 Å². The maximum atomic E-state index is 14.2. The van der Waals surface area contributed by atoms with E-state index in [0.29, 0.717) is 19.5 Å². The van der Waals surface area contributed by atoms with Crippen molar-refractivity contribution in [3.63, 3.8) is 0 Å². The van der Waals surface area contributed by atoms with Crippen LogP contribution in [0.15, 0.2) is 119 Å². The fraction of sp³-hybridized carbons (Fsp3) is 0.355. The number of amides is 3. The van der Waals surface area contributed by atoms with E-state index < -0.39 is 86.4 Å². The molecule has 16 nitrogen and oxygen atoms in total.